The Labute approximate surface area is 395 Å². The van der Waals surface area contributed by atoms with Crippen LogP contribution in [0.25, 0.3) is 0 Å². The SMILES string of the molecule is CCCCCC[C@@H](OC[C@@H](C)NC(=O)[C@@H](CC)CNC(=O)OC(C)(C)C)[C@@H](C)C(=O)N(C)[Si](CC(C)C)C(=O)N[C@H](C(=O)N[C@@H](CNC(=O)OCc1ccccc1)C(N)=O)C1CCCCC1. The summed E-state index contributed by atoms with van der Waals surface area (Å²) in [5.74, 6) is -3.27. The molecular formula is C48H82N7O10Si. The van der Waals surface area contributed by atoms with Crippen molar-refractivity contribution in [3.63, 3.8) is 0 Å². The fourth-order valence-corrected chi connectivity index (χ4v) is 10.1. The second-order valence-electron chi connectivity index (χ2n) is 19.1. The molecule has 0 heterocycles. The lowest BCUT2D eigenvalue weighted by Gasteiger charge is -2.35. The number of hydrogen-bond acceptors (Lipinski definition) is 10. The molecular weight excluding hydrogens is 863 g/mol. The molecule has 0 bridgehead atoms. The highest BCUT2D eigenvalue weighted by atomic mass is 28.3. The predicted molar refractivity (Wildman–Crippen MR) is 256 cm³/mol. The van der Waals surface area contributed by atoms with Crippen LogP contribution in [-0.2, 0) is 40.0 Å². The Bertz CT molecular complexity index is 1670. The third-order valence-electron chi connectivity index (χ3n) is 11.6. The van der Waals surface area contributed by atoms with E-state index >= 15 is 0 Å². The lowest BCUT2D eigenvalue weighted by molar-refractivity contribution is -0.136. The monoisotopic (exact) mass is 945 g/mol. The minimum Gasteiger partial charge on any atom is -0.445 e. The molecule has 0 aromatic heterocycles. The van der Waals surface area contributed by atoms with Crippen LogP contribution in [0, 0.1) is 23.7 Å². The number of amides is 7. The smallest absolute Gasteiger partial charge is 0.407 e. The molecule has 1 aliphatic rings. The van der Waals surface area contributed by atoms with Crippen LogP contribution in [0.2, 0.25) is 6.04 Å². The topological polar surface area (TPSA) is 237 Å². The van der Waals surface area contributed by atoms with Crippen LogP contribution in [0.5, 0.6) is 0 Å². The lowest BCUT2D eigenvalue weighted by atomic mass is 9.83. The van der Waals surface area contributed by atoms with Crippen LogP contribution in [0.15, 0.2) is 30.3 Å². The Morgan fingerprint density at radius 1 is 0.833 bits per heavy atom. The lowest BCUT2D eigenvalue weighted by Crippen LogP contribution is -2.61. The van der Waals surface area contributed by atoms with E-state index in [1.165, 1.54) is 0 Å². The standard InChI is InChI=1S/C48H82N7O10Si/c1-11-13-14-21-26-39(63-29-33(5)52-42(57)36(12-2)27-50-46(61)65-48(7,8)9)34(6)44(59)55(10)66(31-32(3)4)47(62)54-40(37-24-19-16-20-25-37)43(58)53-38(41(49)56)28-51-45(60)64-30-35-22-17-15-18-23-35/h15,17-18,22-23,32-34,36-40H,11-14,16,19-21,24-31H2,1-10H3,(H2,49,56)(H,50,61)(H,51,60)(H,52,57)(H,53,58)(H,54,62)/t33-,34-,36+,38+,39-,40+/m1/s1. The molecule has 373 valence electrons. The minimum atomic E-state index is -2.31. The van der Waals surface area contributed by atoms with Crippen molar-refractivity contribution in [1.82, 2.24) is 31.1 Å². The summed E-state index contributed by atoms with van der Waals surface area (Å²) in [6, 6.07) is 6.79. The molecule has 7 N–H and O–H groups in total. The Morgan fingerprint density at radius 3 is 2.08 bits per heavy atom. The number of unbranched alkanes of at least 4 members (excludes halogenated alkanes) is 3. The number of carbonyl (C=O) groups excluding carboxylic acids is 7. The highest BCUT2D eigenvalue weighted by Crippen LogP contribution is 2.28. The van der Waals surface area contributed by atoms with Gasteiger partial charge in [0.05, 0.1) is 31.1 Å². The van der Waals surface area contributed by atoms with Crippen molar-refractivity contribution in [2.75, 3.05) is 26.7 Å². The number of benzene rings is 1. The molecule has 1 saturated carbocycles. The van der Waals surface area contributed by atoms with Gasteiger partial charge in [-0.15, -0.1) is 0 Å². The first kappa shape index (κ1) is 57.4. The van der Waals surface area contributed by atoms with Crippen molar-refractivity contribution in [1.29, 1.82) is 0 Å². The third-order valence-corrected chi connectivity index (χ3v) is 14.5. The first-order chi connectivity index (χ1) is 31.2. The van der Waals surface area contributed by atoms with Gasteiger partial charge in [-0.1, -0.05) is 110 Å². The molecule has 2 rings (SSSR count). The van der Waals surface area contributed by atoms with Gasteiger partial charge in [0.15, 0.2) is 0 Å². The minimum absolute atomic E-state index is 0.0103. The average molecular weight is 945 g/mol. The van der Waals surface area contributed by atoms with Crippen LogP contribution in [0.1, 0.15) is 139 Å². The number of rotatable bonds is 28. The molecule has 18 heteroatoms. The van der Waals surface area contributed by atoms with Gasteiger partial charge in [-0.05, 0) is 76.8 Å². The number of nitrogens with zero attached hydrogens (tertiary/aromatic N) is 1. The van der Waals surface area contributed by atoms with Gasteiger partial charge >= 0.3 is 12.2 Å². The Morgan fingerprint density at radius 2 is 1.48 bits per heavy atom. The zero-order valence-electron chi connectivity index (χ0n) is 41.4. The van der Waals surface area contributed by atoms with E-state index in [4.69, 9.17) is 19.9 Å². The van der Waals surface area contributed by atoms with Gasteiger partial charge in [-0.25, -0.2) is 9.59 Å². The molecule has 0 aliphatic heterocycles. The second-order valence-corrected chi connectivity index (χ2v) is 21.5. The summed E-state index contributed by atoms with van der Waals surface area (Å²) in [6.07, 6.45) is 7.14. The number of hydrogen-bond donors (Lipinski definition) is 6. The highest BCUT2D eigenvalue weighted by Gasteiger charge is 2.40. The number of nitrogens with one attached hydrogen (secondary N) is 5. The van der Waals surface area contributed by atoms with Crippen molar-refractivity contribution in [2.45, 2.75) is 175 Å². The van der Waals surface area contributed by atoms with Gasteiger partial charge in [0, 0.05) is 19.6 Å². The summed E-state index contributed by atoms with van der Waals surface area (Å²) in [5, 5.41) is 13.9. The van der Waals surface area contributed by atoms with Gasteiger partial charge in [-0.3, -0.25) is 24.0 Å². The molecule has 66 heavy (non-hydrogen) atoms. The van der Waals surface area contributed by atoms with E-state index < -0.39 is 80.2 Å². The molecule has 17 nitrogen and oxygen atoms in total. The van der Waals surface area contributed by atoms with Crippen molar-refractivity contribution in [2.24, 2.45) is 29.4 Å². The summed E-state index contributed by atoms with van der Waals surface area (Å²) in [5.41, 5.74) is 5.40. The van der Waals surface area contributed by atoms with Crippen molar-refractivity contribution >= 4 is 50.3 Å². The van der Waals surface area contributed by atoms with E-state index in [1.807, 2.05) is 52.8 Å². The highest BCUT2D eigenvalue weighted by molar-refractivity contribution is 6.89. The zero-order valence-corrected chi connectivity index (χ0v) is 42.4. The maximum absolute atomic E-state index is 14.5. The summed E-state index contributed by atoms with van der Waals surface area (Å²) in [6.45, 7) is 16.8. The largest absolute Gasteiger partial charge is 0.445 e. The van der Waals surface area contributed by atoms with Crippen LogP contribution < -0.4 is 32.3 Å². The fourth-order valence-electron chi connectivity index (χ4n) is 7.76. The molecule has 0 unspecified atom stereocenters. The molecule has 7 amide bonds. The number of primary amides is 1. The Balaban J connectivity index is 2.21. The fraction of sp³-hybridized carbons (Fsp3) is 0.729. The van der Waals surface area contributed by atoms with Gasteiger partial charge in [0.25, 0.3) is 8.96 Å². The molecule has 1 radical (unpaired) electrons. The Hall–Kier alpha value is -4.71. The number of alkyl carbamates (subject to hydrolysis) is 2. The summed E-state index contributed by atoms with van der Waals surface area (Å²) in [7, 11) is -0.665. The van der Waals surface area contributed by atoms with E-state index in [0.717, 1.165) is 50.5 Å². The molecule has 1 aromatic carbocycles. The molecule has 1 aromatic rings. The Kier molecular flexibility index (Phi) is 25.9. The van der Waals surface area contributed by atoms with Gasteiger partial charge in [-0.2, -0.15) is 0 Å². The number of ether oxygens (including phenoxy) is 3. The molecule has 0 saturated heterocycles. The van der Waals surface area contributed by atoms with E-state index in [1.54, 1.807) is 44.5 Å². The summed E-state index contributed by atoms with van der Waals surface area (Å²) < 4.78 is 18.6. The third kappa shape index (κ3) is 21.7. The van der Waals surface area contributed by atoms with Crippen molar-refractivity contribution < 1.29 is 47.8 Å². The van der Waals surface area contributed by atoms with Crippen LogP contribution in [0.4, 0.5) is 14.4 Å². The molecule has 1 aliphatic carbocycles. The van der Waals surface area contributed by atoms with Gasteiger partial charge < -0.3 is 51.1 Å². The zero-order chi connectivity index (χ0) is 49.4. The van der Waals surface area contributed by atoms with E-state index in [-0.39, 0.29) is 50.0 Å². The summed E-state index contributed by atoms with van der Waals surface area (Å²) >= 11 is 0. The number of nitrogens with two attached hydrogens (primary N) is 1. The van der Waals surface area contributed by atoms with E-state index in [9.17, 15) is 33.6 Å². The van der Waals surface area contributed by atoms with Crippen LogP contribution in [-0.4, -0.2) is 111 Å². The maximum Gasteiger partial charge on any atom is 0.407 e. The first-order valence-corrected chi connectivity index (χ1v) is 25.7. The molecule has 0 spiro atoms. The quantitative estimate of drug-likeness (QED) is 0.0407. The second kappa shape index (κ2) is 29.8. The molecule has 6 atom stereocenters. The van der Waals surface area contributed by atoms with Crippen molar-refractivity contribution in [3.8, 4) is 0 Å². The maximum atomic E-state index is 14.5. The van der Waals surface area contributed by atoms with E-state index in [0.29, 0.717) is 31.7 Å². The predicted octanol–water partition coefficient (Wildman–Crippen LogP) is 6.28. The molecule has 1 fully saturated rings. The van der Waals surface area contributed by atoms with E-state index in [2.05, 4.69) is 33.5 Å². The summed E-state index contributed by atoms with van der Waals surface area (Å²) in [4.78, 5) is 93.5. The average Bonchev–Trinajstić information content (AvgIpc) is 3.26. The first-order valence-electron chi connectivity index (χ1n) is 24.0. The van der Waals surface area contributed by atoms with Crippen molar-refractivity contribution in [3.05, 3.63) is 35.9 Å². The normalized spacial score (nSPS) is 15.9. The van der Waals surface area contributed by atoms with Crippen LogP contribution >= 0.6 is 0 Å². The number of carbonyl (C=O) groups is 7. The van der Waals surface area contributed by atoms with Gasteiger partial charge in [0.2, 0.25) is 29.2 Å². The van der Waals surface area contributed by atoms with Crippen LogP contribution in [0.3, 0.4) is 0 Å². The van der Waals surface area contributed by atoms with Gasteiger partial charge in [0.1, 0.15) is 24.3 Å².